The second-order valence-electron chi connectivity index (χ2n) is 6.80. The lowest BCUT2D eigenvalue weighted by atomic mass is 10.0. The van der Waals surface area contributed by atoms with E-state index in [1.54, 1.807) is 13.3 Å². The average molecular weight is 388 g/mol. The van der Waals surface area contributed by atoms with E-state index in [4.69, 9.17) is 4.42 Å². The highest BCUT2D eigenvalue weighted by Gasteiger charge is 2.10. The molecule has 0 fully saturated rings. The van der Waals surface area contributed by atoms with Gasteiger partial charge in [-0.3, -0.25) is 10.1 Å². The molecule has 0 saturated carbocycles. The Morgan fingerprint density at radius 1 is 1.14 bits per heavy atom. The van der Waals surface area contributed by atoms with Gasteiger partial charge in [-0.25, -0.2) is 4.98 Å². The zero-order valence-electron chi connectivity index (χ0n) is 16.5. The normalized spacial score (nSPS) is 12.8. The van der Waals surface area contributed by atoms with Crippen molar-refractivity contribution >= 4 is 16.7 Å². The van der Waals surface area contributed by atoms with E-state index in [-0.39, 0.29) is 6.04 Å². The molecule has 2 aromatic carbocycles. The Hall–Kier alpha value is -3.61. The first kappa shape index (κ1) is 18.7. The highest BCUT2D eigenvalue weighted by Crippen LogP contribution is 2.20. The van der Waals surface area contributed by atoms with Gasteiger partial charge in [0.25, 0.3) is 0 Å². The van der Waals surface area contributed by atoms with Gasteiger partial charge in [0, 0.05) is 20.0 Å². The third-order valence-corrected chi connectivity index (χ3v) is 4.78. The van der Waals surface area contributed by atoms with Crippen LogP contribution in [0, 0.1) is 0 Å². The van der Waals surface area contributed by atoms with Crippen LogP contribution in [0.25, 0.3) is 22.4 Å². The van der Waals surface area contributed by atoms with Crippen LogP contribution in [-0.4, -0.2) is 34.7 Å². The van der Waals surface area contributed by atoms with Crippen molar-refractivity contribution in [2.75, 3.05) is 13.6 Å². The second kappa shape index (κ2) is 8.60. The zero-order chi connectivity index (χ0) is 20.1. The Bertz CT molecular complexity index is 1100. The van der Waals surface area contributed by atoms with Crippen molar-refractivity contribution in [1.29, 1.82) is 0 Å². The minimum Gasteiger partial charge on any atom is -0.461 e. The molecule has 0 radical (unpaired) electrons. The summed E-state index contributed by atoms with van der Waals surface area (Å²) in [6, 6.07) is 18.7. The van der Waals surface area contributed by atoms with Gasteiger partial charge in [0.15, 0.2) is 11.7 Å². The minimum absolute atomic E-state index is 0.127. The van der Waals surface area contributed by atoms with Crippen LogP contribution in [0.2, 0.25) is 0 Å². The van der Waals surface area contributed by atoms with Gasteiger partial charge in [-0.2, -0.15) is 5.10 Å². The number of hydrogen-bond donors (Lipinski definition) is 3. The van der Waals surface area contributed by atoms with E-state index in [1.807, 2.05) is 12.1 Å². The second-order valence-corrected chi connectivity index (χ2v) is 6.80. The SMILES string of the molecule is CN=C(NCCc1nc(-c2ccco2)n[nH]1)NC(C)c1ccc2ccccc2c1. The number of nitrogens with zero attached hydrogens (tertiary/aromatic N) is 3. The summed E-state index contributed by atoms with van der Waals surface area (Å²) in [7, 11) is 1.77. The molecule has 1 atom stereocenters. The molecule has 3 N–H and O–H groups in total. The highest BCUT2D eigenvalue weighted by molar-refractivity contribution is 5.84. The summed E-state index contributed by atoms with van der Waals surface area (Å²) in [4.78, 5) is 8.78. The minimum atomic E-state index is 0.127. The van der Waals surface area contributed by atoms with E-state index in [0.29, 0.717) is 24.6 Å². The Balaban J connectivity index is 1.32. The van der Waals surface area contributed by atoms with Crippen LogP contribution < -0.4 is 10.6 Å². The summed E-state index contributed by atoms with van der Waals surface area (Å²) in [5, 5.41) is 16.4. The molecule has 7 nitrogen and oxygen atoms in total. The molecule has 0 amide bonds. The van der Waals surface area contributed by atoms with Crippen LogP contribution in [0.3, 0.4) is 0 Å². The van der Waals surface area contributed by atoms with Crippen LogP contribution in [-0.2, 0) is 6.42 Å². The van der Waals surface area contributed by atoms with Crippen molar-refractivity contribution in [1.82, 2.24) is 25.8 Å². The summed E-state index contributed by atoms with van der Waals surface area (Å²) in [6.45, 7) is 2.81. The van der Waals surface area contributed by atoms with Gasteiger partial charge >= 0.3 is 0 Å². The number of aliphatic imine (C=N–C) groups is 1. The molecule has 4 aromatic rings. The summed E-state index contributed by atoms with van der Waals surface area (Å²) < 4.78 is 5.32. The standard InChI is InChI=1S/C22H24N6O/c1-15(17-10-9-16-6-3-4-7-18(16)14-17)25-22(23-2)24-12-11-20-26-21(28-27-20)19-8-5-13-29-19/h3-10,13-15H,11-12H2,1-2H3,(H2,23,24,25)(H,26,27,28). The fraction of sp³-hybridized carbons (Fsp3) is 0.227. The predicted molar refractivity (Wildman–Crippen MR) is 115 cm³/mol. The third kappa shape index (κ3) is 4.45. The van der Waals surface area contributed by atoms with Gasteiger partial charge in [-0.1, -0.05) is 36.4 Å². The molecule has 0 bridgehead atoms. The number of rotatable bonds is 6. The summed E-state index contributed by atoms with van der Waals surface area (Å²) >= 11 is 0. The highest BCUT2D eigenvalue weighted by atomic mass is 16.3. The number of furan rings is 1. The van der Waals surface area contributed by atoms with Crippen LogP contribution in [0.4, 0.5) is 0 Å². The molecular formula is C22H24N6O. The molecule has 0 spiro atoms. The van der Waals surface area contributed by atoms with Crippen molar-refractivity contribution in [2.24, 2.45) is 4.99 Å². The smallest absolute Gasteiger partial charge is 0.216 e. The molecule has 0 aliphatic rings. The van der Waals surface area contributed by atoms with Gasteiger partial charge < -0.3 is 15.1 Å². The fourth-order valence-electron chi connectivity index (χ4n) is 3.18. The first-order valence-corrected chi connectivity index (χ1v) is 9.64. The largest absolute Gasteiger partial charge is 0.461 e. The summed E-state index contributed by atoms with van der Waals surface area (Å²) in [6.07, 6.45) is 2.30. The van der Waals surface area contributed by atoms with E-state index in [1.165, 1.54) is 16.3 Å². The maximum absolute atomic E-state index is 5.32. The summed E-state index contributed by atoms with van der Waals surface area (Å²) in [5.74, 6) is 2.76. The molecule has 4 rings (SSSR count). The lowest BCUT2D eigenvalue weighted by Gasteiger charge is -2.18. The van der Waals surface area contributed by atoms with Crippen molar-refractivity contribution in [3.8, 4) is 11.6 Å². The number of H-pyrrole nitrogens is 1. The number of guanidine groups is 1. The molecule has 29 heavy (non-hydrogen) atoms. The quantitative estimate of drug-likeness (QED) is 0.346. The van der Waals surface area contributed by atoms with Crippen molar-refractivity contribution < 1.29 is 4.42 Å². The Morgan fingerprint density at radius 3 is 2.79 bits per heavy atom. The first-order valence-electron chi connectivity index (χ1n) is 9.64. The molecule has 148 valence electrons. The lowest BCUT2D eigenvalue weighted by molar-refractivity contribution is 0.577. The van der Waals surface area contributed by atoms with Gasteiger partial charge in [0.2, 0.25) is 5.82 Å². The number of fused-ring (bicyclic) bond motifs is 1. The average Bonchev–Trinajstić information content (AvgIpc) is 3.44. The zero-order valence-corrected chi connectivity index (χ0v) is 16.5. The van der Waals surface area contributed by atoms with E-state index < -0.39 is 0 Å². The van der Waals surface area contributed by atoms with Crippen molar-refractivity contribution in [3.05, 3.63) is 72.2 Å². The van der Waals surface area contributed by atoms with Crippen LogP contribution in [0.5, 0.6) is 0 Å². The Kier molecular flexibility index (Phi) is 5.56. The molecule has 2 heterocycles. The van der Waals surface area contributed by atoms with E-state index in [9.17, 15) is 0 Å². The number of hydrogen-bond acceptors (Lipinski definition) is 4. The van der Waals surface area contributed by atoms with Gasteiger partial charge in [-0.15, -0.1) is 0 Å². The van der Waals surface area contributed by atoms with Gasteiger partial charge in [0.05, 0.1) is 12.3 Å². The Labute approximate surface area is 169 Å². The Morgan fingerprint density at radius 2 is 2.00 bits per heavy atom. The fourth-order valence-corrected chi connectivity index (χ4v) is 3.18. The van der Waals surface area contributed by atoms with Gasteiger partial charge in [0.1, 0.15) is 5.82 Å². The maximum Gasteiger partial charge on any atom is 0.216 e. The van der Waals surface area contributed by atoms with Crippen molar-refractivity contribution in [2.45, 2.75) is 19.4 Å². The monoisotopic (exact) mass is 388 g/mol. The number of benzene rings is 2. The van der Waals surface area contributed by atoms with E-state index >= 15 is 0 Å². The first-order chi connectivity index (χ1) is 14.2. The van der Waals surface area contributed by atoms with Crippen molar-refractivity contribution in [3.63, 3.8) is 0 Å². The predicted octanol–water partition coefficient (Wildman–Crippen LogP) is 3.69. The van der Waals surface area contributed by atoms with Gasteiger partial charge in [-0.05, 0) is 41.5 Å². The molecular weight excluding hydrogens is 364 g/mol. The van der Waals surface area contributed by atoms with Crippen LogP contribution in [0.15, 0.2) is 70.3 Å². The van der Waals surface area contributed by atoms with E-state index in [0.717, 1.165) is 11.8 Å². The van der Waals surface area contributed by atoms with Crippen LogP contribution >= 0.6 is 0 Å². The molecule has 0 aliphatic heterocycles. The molecule has 1 unspecified atom stereocenters. The number of nitrogens with one attached hydrogen (secondary N) is 3. The topological polar surface area (TPSA) is 91.1 Å². The number of aromatic amines is 1. The molecule has 7 heteroatoms. The molecule has 0 aliphatic carbocycles. The number of aromatic nitrogens is 3. The summed E-state index contributed by atoms with van der Waals surface area (Å²) in [5.41, 5.74) is 1.21. The van der Waals surface area contributed by atoms with Crippen LogP contribution in [0.1, 0.15) is 24.4 Å². The maximum atomic E-state index is 5.32. The third-order valence-electron chi connectivity index (χ3n) is 4.78. The lowest BCUT2D eigenvalue weighted by Crippen LogP contribution is -2.39. The molecule has 0 saturated heterocycles. The molecule has 2 aromatic heterocycles. The van der Waals surface area contributed by atoms with E-state index in [2.05, 4.69) is 80.2 Å².